The molecule has 1 aromatic rings. The van der Waals surface area contributed by atoms with Crippen molar-refractivity contribution in [1.82, 2.24) is 10.2 Å². The molecule has 1 saturated heterocycles. The van der Waals surface area contributed by atoms with Gasteiger partial charge in [0.1, 0.15) is 6.04 Å². The van der Waals surface area contributed by atoms with Crippen LogP contribution in [0.3, 0.4) is 0 Å². The third-order valence-corrected chi connectivity index (χ3v) is 3.70. The Morgan fingerprint density at radius 1 is 1.32 bits per heavy atom. The van der Waals surface area contributed by atoms with Gasteiger partial charge in [0, 0.05) is 19.6 Å². The number of aliphatic carboxylic acids is 1. The Morgan fingerprint density at radius 3 is 2.84 bits per heavy atom. The van der Waals surface area contributed by atoms with Gasteiger partial charge in [-0.25, -0.2) is 0 Å². The molecular formula is C15H22N2O2. The van der Waals surface area contributed by atoms with Crippen molar-refractivity contribution in [2.75, 3.05) is 26.2 Å². The maximum atomic E-state index is 11.7. The normalized spacial score (nSPS) is 18.8. The smallest absolute Gasteiger partial charge is 0.325 e. The highest BCUT2D eigenvalue weighted by Crippen LogP contribution is 2.25. The van der Waals surface area contributed by atoms with Crippen LogP contribution in [0.25, 0.3) is 0 Å². The average Bonchev–Trinajstić information content (AvgIpc) is 2.62. The predicted octanol–water partition coefficient (Wildman–Crippen LogP) is 1.72. The fourth-order valence-corrected chi connectivity index (χ4v) is 2.67. The van der Waals surface area contributed by atoms with Crippen LogP contribution in [0.1, 0.15) is 29.2 Å². The second kappa shape index (κ2) is 6.17. The highest BCUT2D eigenvalue weighted by Gasteiger charge is 2.28. The first-order valence-electron chi connectivity index (χ1n) is 6.84. The molecular weight excluding hydrogens is 240 g/mol. The lowest BCUT2D eigenvalue weighted by molar-refractivity contribution is -0.143. The molecule has 4 nitrogen and oxygen atoms in total. The summed E-state index contributed by atoms with van der Waals surface area (Å²) in [6.45, 7) is 7.43. The zero-order chi connectivity index (χ0) is 13.8. The maximum Gasteiger partial charge on any atom is 0.325 e. The molecule has 0 aromatic heterocycles. The van der Waals surface area contributed by atoms with Crippen LogP contribution in [0.2, 0.25) is 0 Å². The molecule has 0 bridgehead atoms. The van der Waals surface area contributed by atoms with E-state index in [0.717, 1.165) is 49.3 Å². The number of nitrogens with one attached hydrogen (secondary N) is 1. The Kier molecular flexibility index (Phi) is 4.56. The summed E-state index contributed by atoms with van der Waals surface area (Å²) in [7, 11) is 0. The summed E-state index contributed by atoms with van der Waals surface area (Å²) >= 11 is 0. The quantitative estimate of drug-likeness (QED) is 0.871. The minimum Gasteiger partial charge on any atom is -0.480 e. The summed E-state index contributed by atoms with van der Waals surface area (Å²) < 4.78 is 0. The topological polar surface area (TPSA) is 52.6 Å². The van der Waals surface area contributed by atoms with Gasteiger partial charge >= 0.3 is 5.97 Å². The van der Waals surface area contributed by atoms with E-state index in [1.54, 1.807) is 0 Å². The Bertz CT molecular complexity index is 451. The fraction of sp³-hybridized carbons (Fsp3) is 0.533. The van der Waals surface area contributed by atoms with Crippen LogP contribution in [-0.4, -0.2) is 42.2 Å². The summed E-state index contributed by atoms with van der Waals surface area (Å²) in [6, 6.07) is 5.52. The second-order valence-electron chi connectivity index (χ2n) is 5.24. The van der Waals surface area contributed by atoms with E-state index in [9.17, 15) is 9.90 Å². The molecule has 4 heteroatoms. The van der Waals surface area contributed by atoms with E-state index in [0.29, 0.717) is 0 Å². The van der Waals surface area contributed by atoms with Crippen molar-refractivity contribution in [3.63, 3.8) is 0 Å². The molecule has 1 aromatic carbocycles. The highest BCUT2D eigenvalue weighted by molar-refractivity contribution is 5.76. The first-order chi connectivity index (χ1) is 9.09. The van der Waals surface area contributed by atoms with Gasteiger partial charge in [0.05, 0.1) is 0 Å². The van der Waals surface area contributed by atoms with E-state index in [-0.39, 0.29) is 0 Å². The minimum atomic E-state index is -0.754. The number of nitrogens with zero attached hydrogens (tertiary/aromatic N) is 1. The Balaban J connectivity index is 2.33. The van der Waals surface area contributed by atoms with E-state index < -0.39 is 12.0 Å². The monoisotopic (exact) mass is 262 g/mol. The molecule has 1 unspecified atom stereocenters. The number of carboxylic acids is 1. The number of rotatable bonds is 3. The van der Waals surface area contributed by atoms with E-state index in [1.165, 1.54) is 0 Å². The number of benzene rings is 1. The van der Waals surface area contributed by atoms with E-state index in [1.807, 2.05) is 32.0 Å². The molecule has 0 saturated carbocycles. The van der Waals surface area contributed by atoms with Crippen molar-refractivity contribution >= 4 is 5.97 Å². The van der Waals surface area contributed by atoms with Gasteiger partial charge in [-0.15, -0.1) is 0 Å². The van der Waals surface area contributed by atoms with Crippen LogP contribution >= 0.6 is 0 Å². The maximum absolute atomic E-state index is 11.7. The van der Waals surface area contributed by atoms with Gasteiger partial charge in [-0.1, -0.05) is 23.8 Å². The molecule has 1 atom stereocenters. The average molecular weight is 262 g/mol. The van der Waals surface area contributed by atoms with E-state index >= 15 is 0 Å². The highest BCUT2D eigenvalue weighted by atomic mass is 16.4. The standard InChI is InChI=1S/C15H22N2O2/c1-11-4-5-12(2)13(10-11)14(15(18)19)17-8-3-6-16-7-9-17/h4-5,10,14,16H,3,6-9H2,1-2H3,(H,18,19). The van der Waals surface area contributed by atoms with Gasteiger partial charge in [0.2, 0.25) is 0 Å². The summed E-state index contributed by atoms with van der Waals surface area (Å²) in [5.74, 6) is -0.754. The lowest BCUT2D eigenvalue weighted by atomic mass is 9.97. The van der Waals surface area contributed by atoms with Gasteiger partial charge < -0.3 is 10.4 Å². The molecule has 0 spiro atoms. The first-order valence-corrected chi connectivity index (χ1v) is 6.84. The SMILES string of the molecule is Cc1ccc(C)c(C(C(=O)O)N2CCCNCC2)c1. The summed E-state index contributed by atoms with van der Waals surface area (Å²) in [5, 5.41) is 12.9. The zero-order valence-corrected chi connectivity index (χ0v) is 11.6. The molecule has 0 aliphatic carbocycles. The lowest BCUT2D eigenvalue weighted by Gasteiger charge is -2.28. The van der Waals surface area contributed by atoms with Crippen molar-refractivity contribution in [1.29, 1.82) is 0 Å². The third kappa shape index (κ3) is 3.33. The molecule has 0 amide bonds. The number of carboxylic acid groups (broad SMARTS) is 1. The minimum absolute atomic E-state index is 0.528. The van der Waals surface area contributed by atoms with Crippen molar-refractivity contribution in [2.45, 2.75) is 26.3 Å². The summed E-state index contributed by atoms with van der Waals surface area (Å²) in [5.41, 5.74) is 3.09. The number of hydrogen-bond acceptors (Lipinski definition) is 3. The Labute approximate surface area is 114 Å². The second-order valence-corrected chi connectivity index (χ2v) is 5.24. The van der Waals surface area contributed by atoms with Crippen molar-refractivity contribution < 1.29 is 9.90 Å². The van der Waals surface area contributed by atoms with Gasteiger partial charge in [0.25, 0.3) is 0 Å². The fourth-order valence-electron chi connectivity index (χ4n) is 2.67. The molecule has 2 rings (SSSR count). The van der Waals surface area contributed by atoms with Crippen LogP contribution in [0.15, 0.2) is 18.2 Å². The summed E-state index contributed by atoms with van der Waals surface area (Å²) in [6.07, 6.45) is 0.995. The van der Waals surface area contributed by atoms with Crippen LogP contribution < -0.4 is 5.32 Å². The van der Waals surface area contributed by atoms with Gasteiger partial charge in [-0.05, 0) is 37.9 Å². The number of hydrogen-bond donors (Lipinski definition) is 2. The third-order valence-electron chi connectivity index (χ3n) is 3.70. The Morgan fingerprint density at radius 2 is 2.11 bits per heavy atom. The molecule has 2 N–H and O–H groups in total. The van der Waals surface area contributed by atoms with Crippen molar-refractivity contribution in [3.8, 4) is 0 Å². The molecule has 1 aliphatic rings. The van der Waals surface area contributed by atoms with E-state index in [4.69, 9.17) is 0 Å². The lowest BCUT2D eigenvalue weighted by Crippen LogP contribution is -2.37. The molecule has 1 fully saturated rings. The predicted molar refractivity (Wildman–Crippen MR) is 75.4 cm³/mol. The largest absolute Gasteiger partial charge is 0.480 e. The molecule has 1 heterocycles. The molecule has 0 radical (unpaired) electrons. The molecule has 1 aliphatic heterocycles. The number of carbonyl (C=O) groups is 1. The zero-order valence-electron chi connectivity index (χ0n) is 11.6. The number of aryl methyl sites for hydroxylation is 2. The van der Waals surface area contributed by atoms with Crippen molar-refractivity contribution in [3.05, 3.63) is 34.9 Å². The van der Waals surface area contributed by atoms with Crippen LogP contribution in [0, 0.1) is 13.8 Å². The molecule has 104 valence electrons. The van der Waals surface area contributed by atoms with Gasteiger partial charge in [-0.2, -0.15) is 0 Å². The van der Waals surface area contributed by atoms with Crippen LogP contribution in [-0.2, 0) is 4.79 Å². The van der Waals surface area contributed by atoms with Gasteiger partial charge in [-0.3, -0.25) is 9.69 Å². The first kappa shape index (κ1) is 14.0. The van der Waals surface area contributed by atoms with E-state index in [2.05, 4.69) is 10.2 Å². The molecule has 19 heavy (non-hydrogen) atoms. The van der Waals surface area contributed by atoms with Crippen LogP contribution in [0.5, 0.6) is 0 Å². The summed E-state index contributed by atoms with van der Waals surface area (Å²) in [4.78, 5) is 13.8. The van der Waals surface area contributed by atoms with Gasteiger partial charge in [0.15, 0.2) is 0 Å². The van der Waals surface area contributed by atoms with Crippen molar-refractivity contribution in [2.24, 2.45) is 0 Å². The van der Waals surface area contributed by atoms with Crippen LogP contribution in [0.4, 0.5) is 0 Å². The Hall–Kier alpha value is -1.39.